The molecule has 1 atom stereocenters. The molecule has 0 spiro atoms. The van der Waals surface area contributed by atoms with Gasteiger partial charge in [0.2, 0.25) is 0 Å². The van der Waals surface area contributed by atoms with Crippen LogP contribution >= 0.6 is 0 Å². The van der Waals surface area contributed by atoms with Crippen molar-refractivity contribution in [1.82, 2.24) is 0 Å². The Morgan fingerprint density at radius 1 is 0.511 bits per heavy atom. The third-order valence-electron chi connectivity index (χ3n) is 11.1. The fourth-order valence-corrected chi connectivity index (χ4v) is 8.71. The van der Waals surface area contributed by atoms with Gasteiger partial charge in [0, 0.05) is 11.3 Å². The topological polar surface area (TPSA) is 0 Å². The quantitative estimate of drug-likeness (QED) is 0.190. The maximum absolute atomic E-state index is 2.49. The van der Waals surface area contributed by atoms with Crippen LogP contribution < -0.4 is 0 Å². The van der Waals surface area contributed by atoms with Crippen LogP contribution in [0.2, 0.25) is 0 Å². The zero-order chi connectivity index (χ0) is 31.3. The number of hydrogen-bond acceptors (Lipinski definition) is 0. The van der Waals surface area contributed by atoms with E-state index < -0.39 is 0 Å². The van der Waals surface area contributed by atoms with Gasteiger partial charge in [-0.25, -0.2) is 0 Å². The summed E-state index contributed by atoms with van der Waals surface area (Å²) in [4.78, 5) is 0. The molecule has 0 N–H and O–H groups in total. The first-order chi connectivity index (χ1) is 23.0. The molecule has 0 aromatic heterocycles. The molecule has 0 nitrogen and oxygen atoms in total. The molecular formula is C47H34. The number of fused-ring (bicyclic) bond motifs is 7. The predicted molar refractivity (Wildman–Crippen MR) is 200 cm³/mol. The Bertz CT molecular complexity index is 2490. The molecule has 10 rings (SSSR count). The van der Waals surface area contributed by atoms with Crippen molar-refractivity contribution in [1.29, 1.82) is 0 Å². The fourth-order valence-electron chi connectivity index (χ4n) is 8.71. The molecule has 222 valence electrons. The molecule has 0 heteroatoms. The molecule has 0 radical (unpaired) electrons. The summed E-state index contributed by atoms with van der Waals surface area (Å²) in [6, 6.07) is 50.3. The SMILES string of the molecule is CC1(C)c2ccccc2-c2ccc(-c3ccc4cc(C5C=C(c6ccc7c8c(cccc68)-c6ccccc6-7)C=CC5)ccc4c3)cc21. The van der Waals surface area contributed by atoms with Crippen molar-refractivity contribution in [3.8, 4) is 44.5 Å². The summed E-state index contributed by atoms with van der Waals surface area (Å²) in [5.41, 5.74) is 17.6. The summed E-state index contributed by atoms with van der Waals surface area (Å²) in [6.07, 6.45) is 8.20. The normalized spacial score (nSPS) is 16.6. The Balaban J connectivity index is 0.988. The average molecular weight is 599 g/mol. The van der Waals surface area contributed by atoms with Crippen molar-refractivity contribution in [3.63, 3.8) is 0 Å². The van der Waals surface area contributed by atoms with Crippen molar-refractivity contribution in [2.24, 2.45) is 0 Å². The Hall–Kier alpha value is -5.46. The molecule has 0 aliphatic heterocycles. The van der Waals surface area contributed by atoms with Gasteiger partial charge >= 0.3 is 0 Å². The second-order valence-electron chi connectivity index (χ2n) is 14.1. The van der Waals surface area contributed by atoms with Gasteiger partial charge in [0.1, 0.15) is 0 Å². The van der Waals surface area contributed by atoms with Crippen LogP contribution in [0.3, 0.4) is 0 Å². The smallest absolute Gasteiger partial charge is 0.0159 e. The van der Waals surface area contributed by atoms with Crippen LogP contribution in [0.1, 0.15) is 48.4 Å². The van der Waals surface area contributed by atoms with Gasteiger partial charge in [0.15, 0.2) is 0 Å². The maximum Gasteiger partial charge on any atom is 0.0159 e. The van der Waals surface area contributed by atoms with Gasteiger partial charge in [-0.2, -0.15) is 0 Å². The van der Waals surface area contributed by atoms with Crippen molar-refractivity contribution in [2.75, 3.05) is 0 Å². The van der Waals surface area contributed by atoms with E-state index in [0.29, 0.717) is 5.92 Å². The number of hydrogen-bond donors (Lipinski definition) is 0. The van der Waals surface area contributed by atoms with Crippen molar-refractivity contribution >= 4 is 27.1 Å². The van der Waals surface area contributed by atoms with Gasteiger partial charge in [-0.1, -0.05) is 153 Å². The summed E-state index contributed by atoms with van der Waals surface area (Å²) >= 11 is 0. The predicted octanol–water partition coefficient (Wildman–Crippen LogP) is 12.7. The fraction of sp³-hybridized carbons (Fsp3) is 0.106. The lowest BCUT2D eigenvalue weighted by Gasteiger charge is -2.22. The number of rotatable bonds is 3. The molecule has 0 bridgehead atoms. The number of allylic oxidation sites excluding steroid dienone is 4. The standard InChI is InChI=1S/C47H34/c1-47(2)44-16-6-5-13-39(44)40-22-21-34(28-45(40)47)33-20-19-31-25-30(17-18-32(31)26-33)29-9-7-10-35(27-29)36-23-24-43-38-12-4-3-11-37(38)42-15-8-14-41(36)46(42)43/h3-8,10-29H,9H2,1-2H3. The summed E-state index contributed by atoms with van der Waals surface area (Å²) < 4.78 is 0. The lowest BCUT2D eigenvalue weighted by atomic mass is 9.81. The van der Waals surface area contributed by atoms with Gasteiger partial charge in [-0.05, 0) is 112 Å². The highest BCUT2D eigenvalue weighted by Crippen LogP contribution is 2.51. The molecule has 3 aliphatic carbocycles. The van der Waals surface area contributed by atoms with E-state index in [0.717, 1.165) is 6.42 Å². The second-order valence-corrected chi connectivity index (χ2v) is 14.1. The maximum atomic E-state index is 2.49. The molecule has 47 heavy (non-hydrogen) atoms. The van der Waals surface area contributed by atoms with Gasteiger partial charge in [-0.15, -0.1) is 0 Å². The number of benzene rings is 7. The highest BCUT2D eigenvalue weighted by atomic mass is 14.4. The van der Waals surface area contributed by atoms with E-state index in [1.165, 1.54) is 93.9 Å². The van der Waals surface area contributed by atoms with E-state index in [2.05, 4.69) is 166 Å². The third kappa shape index (κ3) is 3.88. The summed E-state index contributed by atoms with van der Waals surface area (Å²) in [6.45, 7) is 4.71. The zero-order valence-corrected chi connectivity index (χ0v) is 26.7. The van der Waals surface area contributed by atoms with Crippen molar-refractivity contribution < 1.29 is 0 Å². The Morgan fingerprint density at radius 2 is 1.15 bits per heavy atom. The van der Waals surface area contributed by atoms with Gasteiger partial charge < -0.3 is 0 Å². The van der Waals surface area contributed by atoms with Gasteiger partial charge in [-0.3, -0.25) is 0 Å². The molecule has 0 heterocycles. The van der Waals surface area contributed by atoms with Crippen molar-refractivity contribution in [2.45, 2.75) is 31.6 Å². The van der Waals surface area contributed by atoms with Crippen LogP contribution in [0.5, 0.6) is 0 Å². The van der Waals surface area contributed by atoms with Crippen molar-refractivity contribution in [3.05, 3.63) is 174 Å². The zero-order valence-electron chi connectivity index (χ0n) is 26.7. The van der Waals surface area contributed by atoms with E-state index in [-0.39, 0.29) is 5.41 Å². The summed E-state index contributed by atoms with van der Waals surface area (Å²) in [5.74, 6) is 0.347. The minimum absolute atomic E-state index is 0.00625. The average Bonchev–Trinajstić information content (AvgIpc) is 3.57. The molecule has 0 amide bonds. The van der Waals surface area contributed by atoms with Crippen LogP contribution in [0.4, 0.5) is 0 Å². The molecular weight excluding hydrogens is 565 g/mol. The Kier molecular flexibility index (Phi) is 5.56. The van der Waals surface area contributed by atoms with E-state index >= 15 is 0 Å². The largest absolute Gasteiger partial charge is 0.0830 e. The van der Waals surface area contributed by atoms with E-state index in [9.17, 15) is 0 Å². The van der Waals surface area contributed by atoms with Gasteiger partial charge in [0.05, 0.1) is 0 Å². The Labute approximate surface area is 276 Å². The lowest BCUT2D eigenvalue weighted by molar-refractivity contribution is 0.660. The van der Waals surface area contributed by atoms with Crippen LogP contribution in [0.25, 0.3) is 71.6 Å². The van der Waals surface area contributed by atoms with E-state index in [4.69, 9.17) is 0 Å². The first kappa shape index (κ1) is 26.7. The summed E-state index contributed by atoms with van der Waals surface area (Å²) in [7, 11) is 0. The third-order valence-corrected chi connectivity index (χ3v) is 11.1. The van der Waals surface area contributed by atoms with E-state index in [1.54, 1.807) is 0 Å². The molecule has 0 fully saturated rings. The molecule has 1 unspecified atom stereocenters. The molecule has 7 aromatic rings. The molecule has 0 saturated carbocycles. The second kappa shape index (κ2) is 9.77. The monoisotopic (exact) mass is 598 g/mol. The van der Waals surface area contributed by atoms with Gasteiger partial charge in [0.25, 0.3) is 0 Å². The van der Waals surface area contributed by atoms with Crippen LogP contribution in [0, 0.1) is 0 Å². The summed E-state index contributed by atoms with van der Waals surface area (Å²) in [5, 5.41) is 5.32. The molecule has 7 aromatic carbocycles. The first-order valence-corrected chi connectivity index (χ1v) is 16.9. The molecule has 0 saturated heterocycles. The minimum Gasteiger partial charge on any atom is -0.0830 e. The lowest BCUT2D eigenvalue weighted by Crippen LogP contribution is -2.14. The van der Waals surface area contributed by atoms with Crippen LogP contribution in [-0.2, 0) is 5.41 Å². The first-order valence-electron chi connectivity index (χ1n) is 16.9. The van der Waals surface area contributed by atoms with Crippen LogP contribution in [-0.4, -0.2) is 0 Å². The highest BCUT2D eigenvalue weighted by Gasteiger charge is 2.35. The minimum atomic E-state index is 0.00625. The molecule has 3 aliphatic rings. The Morgan fingerprint density at radius 3 is 2.02 bits per heavy atom. The van der Waals surface area contributed by atoms with E-state index in [1.807, 2.05) is 0 Å². The van der Waals surface area contributed by atoms with Crippen LogP contribution in [0.15, 0.2) is 152 Å². The highest BCUT2D eigenvalue weighted by molar-refractivity contribution is 6.17.